The van der Waals surface area contributed by atoms with E-state index in [1.54, 1.807) is 12.1 Å². The maximum atomic E-state index is 10.1. The number of aromatic amines is 1. The molecule has 0 bridgehead atoms. The van der Waals surface area contributed by atoms with Crippen LogP contribution in [0.5, 0.6) is 17.2 Å². The van der Waals surface area contributed by atoms with Crippen LogP contribution in [0.1, 0.15) is 11.3 Å². The minimum absolute atomic E-state index is 0.0195. The van der Waals surface area contributed by atoms with Crippen LogP contribution in [-0.2, 0) is 11.3 Å². The van der Waals surface area contributed by atoms with Crippen molar-refractivity contribution in [3.05, 3.63) is 28.9 Å². The third-order valence-electron chi connectivity index (χ3n) is 3.90. The van der Waals surface area contributed by atoms with Gasteiger partial charge in [0.05, 0.1) is 31.9 Å². The van der Waals surface area contributed by atoms with E-state index in [4.69, 9.17) is 24.0 Å². The van der Waals surface area contributed by atoms with Crippen LogP contribution >= 0.6 is 0 Å². The third-order valence-corrected chi connectivity index (χ3v) is 3.90. The number of nitrogens with one attached hydrogen (secondary N) is 2. The Bertz CT molecular complexity index is 1050. The molecular formula is C17H16N4O5. The first-order valence-electron chi connectivity index (χ1n) is 7.48. The molecule has 0 fully saturated rings. The molecule has 0 unspecified atom stereocenters. The summed E-state index contributed by atoms with van der Waals surface area (Å²) in [5.74, 6) is 0.172. The van der Waals surface area contributed by atoms with Gasteiger partial charge in [0.2, 0.25) is 17.0 Å². The molecule has 134 valence electrons. The molecule has 0 amide bonds. The van der Waals surface area contributed by atoms with Crippen LogP contribution in [0, 0.1) is 16.7 Å². The number of aromatic hydroxyl groups is 1. The van der Waals surface area contributed by atoms with E-state index in [2.05, 4.69) is 10.2 Å². The Hall–Kier alpha value is -3.51. The average Bonchev–Trinajstić information content (AvgIpc) is 3.03. The number of rotatable bonds is 5. The van der Waals surface area contributed by atoms with Gasteiger partial charge in [0.15, 0.2) is 11.5 Å². The summed E-state index contributed by atoms with van der Waals surface area (Å²) in [4.78, 5) is 0. The molecule has 0 aliphatic heterocycles. The summed E-state index contributed by atoms with van der Waals surface area (Å²) in [6, 6.07) is 5.10. The molecule has 0 atom stereocenters. The Morgan fingerprint density at radius 3 is 2.46 bits per heavy atom. The fourth-order valence-electron chi connectivity index (χ4n) is 2.76. The van der Waals surface area contributed by atoms with Crippen LogP contribution in [0.4, 0.5) is 0 Å². The van der Waals surface area contributed by atoms with Gasteiger partial charge in [-0.05, 0) is 17.7 Å². The zero-order valence-corrected chi connectivity index (χ0v) is 14.3. The van der Waals surface area contributed by atoms with Gasteiger partial charge in [-0.25, -0.2) is 0 Å². The maximum absolute atomic E-state index is 10.1. The number of nitriles is 1. The molecule has 26 heavy (non-hydrogen) atoms. The van der Waals surface area contributed by atoms with Gasteiger partial charge in [-0.15, -0.1) is 5.10 Å². The predicted octanol–water partition coefficient (Wildman–Crippen LogP) is 2.04. The van der Waals surface area contributed by atoms with E-state index in [-0.39, 0.29) is 40.7 Å². The van der Waals surface area contributed by atoms with Crippen molar-refractivity contribution in [2.45, 2.75) is 6.61 Å². The number of ether oxygens (including phenoxy) is 3. The van der Waals surface area contributed by atoms with Crippen LogP contribution in [0.15, 0.2) is 16.5 Å². The Morgan fingerprint density at radius 2 is 1.92 bits per heavy atom. The number of H-pyrrole nitrogens is 1. The first-order valence-corrected chi connectivity index (χ1v) is 7.48. The van der Waals surface area contributed by atoms with Crippen molar-refractivity contribution in [2.75, 3.05) is 21.3 Å². The molecule has 0 spiro atoms. The number of phenolic OH excluding ortho intramolecular Hbond substituents is 1. The highest BCUT2D eigenvalue weighted by Crippen LogP contribution is 2.42. The van der Waals surface area contributed by atoms with Gasteiger partial charge in [0, 0.05) is 12.7 Å². The van der Waals surface area contributed by atoms with E-state index >= 15 is 0 Å². The van der Waals surface area contributed by atoms with Crippen LogP contribution in [-0.4, -0.2) is 36.6 Å². The second-order valence-corrected chi connectivity index (χ2v) is 5.34. The van der Waals surface area contributed by atoms with Crippen molar-refractivity contribution < 1.29 is 23.7 Å². The summed E-state index contributed by atoms with van der Waals surface area (Å²) in [7, 11) is 4.34. The number of methoxy groups -OCH3 is 3. The lowest BCUT2D eigenvalue weighted by atomic mass is 9.97. The van der Waals surface area contributed by atoms with Crippen LogP contribution < -0.4 is 15.0 Å². The Labute approximate surface area is 147 Å². The quantitative estimate of drug-likeness (QED) is 0.636. The summed E-state index contributed by atoms with van der Waals surface area (Å²) in [6.07, 6.45) is 0. The van der Waals surface area contributed by atoms with Gasteiger partial charge in [-0.1, -0.05) is 0 Å². The Balaban J connectivity index is 2.46. The largest absolute Gasteiger partial charge is 0.502 e. The monoisotopic (exact) mass is 356 g/mol. The predicted molar refractivity (Wildman–Crippen MR) is 89.8 cm³/mol. The van der Waals surface area contributed by atoms with E-state index in [0.717, 1.165) is 0 Å². The minimum atomic E-state index is -0.323. The van der Waals surface area contributed by atoms with E-state index < -0.39 is 0 Å². The van der Waals surface area contributed by atoms with Crippen LogP contribution in [0.2, 0.25) is 0 Å². The van der Waals surface area contributed by atoms with E-state index in [1.807, 2.05) is 6.07 Å². The Kier molecular flexibility index (Phi) is 4.51. The molecule has 2 heterocycles. The SMILES string of the molecule is COCc1[nH]nc2oc(=N)c(C#N)c(-c3cc(OC)c(O)c(OC)c3)c12. The molecule has 0 saturated heterocycles. The van der Waals surface area contributed by atoms with Crippen molar-refractivity contribution in [3.8, 4) is 34.4 Å². The number of nitrogens with zero attached hydrogens (tertiary/aromatic N) is 2. The molecule has 2 aromatic heterocycles. The zero-order valence-electron chi connectivity index (χ0n) is 14.3. The van der Waals surface area contributed by atoms with Crippen LogP contribution in [0.3, 0.4) is 0 Å². The lowest BCUT2D eigenvalue weighted by molar-refractivity contribution is 0.182. The van der Waals surface area contributed by atoms with Crippen molar-refractivity contribution >= 4 is 11.1 Å². The van der Waals surface area contributed by atoms with Gasteiger partial charge in [-0.3, -0.25) is 10.5 Å². The minimum Gasteiger partial charge on any atom is -0.502 e. The first-order chi connectivity index (χ1) is 12.5. The number of fused-ring (bicyclic) bond motifs is 1. The molecule has 0 saturated carbocycles. The summed E-state index contributed by atoms with van der Waals surface area (Å²) < 4.78 is 20.9. The molecule has 0 radical (unpaired) electrons. The van der Waals surface area contributed by atoms with Gasteiger partial charge < -0.3 is 23.7 Å². The molecular weight excluding hydrogens is 340 g/mol. The third kappa shape index (κ3) is 2.62. The molecule has 9 heteroatoms. The van der Waals surface area contributed by atoms with Crippen molar-refractivity contribution in [2.24, 2.45) is 0 Å². The zero-order chi connectivity index (χ0) is 18.8. The van der Waals surface area contributed by atoms with E-state index in [0.29, 0.717) is 22.2 Å². The highest BCUT2D eigenvalue weighted by Gasteiger charge is 2.22. The molecule has 3 rings (SSSR count). The molecule has 0 aliphatic rings. The average molecular weight is 356 g/mol. The molecule has 9 nitrogen and oxygen atoms in total. The number of hydrogen-bond acceptors (Lipinski definition) is 8. The van der Waals surface area contributed by atoms with E-state index in [9.17, 15) is 10.4 Å². The number of aromatic nitrogens is 2. The van der Waals surface area contributed by atoms with E-state index in [1.165, 1.54) is 21.3 Å². The van der Waals surface area contributed by atoms with Gasteiger partial charge in [0.25, 0.3) is 0 Å². The van der Waals surface area contributed by atoms with Crippen molar-refractivity contribution in [1.82, 2.24) is 10.2 Å². The standard InChI is InChI=1S/C17H16N4O5/c1-23-7-10-14-13(9(6-18)16(19)26-17(14)21-20-10)8-4-11(24-2)15(22)12(5-8)25-3/h4-5,19,22H,7H2,1-3H3,(H,20,21). The molecule has 3 aromatic rings. The highest BCUT2D eigenvalue weighted by atomic mass is 16.5. The second-order valence-electron chi connectivity index (χ2n) is 5.34. The maximum Gasteiger partial charge on any atom is 0.248 e. The highest BCUT2D eigenvalue weighted by molar-refractivity contribution is 5.97. The number of hydrogen-bond donors (Lipinski definition) is 3. The summed E-state index contributed by atoms with van der Waals surface area (Å²) in [5.41, 5.74) is 1.37. The fourth-order valence-corrected chi connectivity index (χ4v) is 2.76. The van der Waals surface area contributed by atoms with Crippen molar-refractivity contribution in [3.63, 3.8) is 0 Å². The topological polar surface area (TPSA) is 137 Å². The van der Waals surface area contributed by atoms with Crippen molar-refractivity contribution in [1.29, 1.82) is 10.7 Å². The van der Waals surface area contributed by atoms with Gasteiger partial charge in [-0.2, -0.15) is 5.26 Å². The van der Waals surface area contributed by atoms with Gasteiger partial charge in [0.1, 0.15) is 11.6 Å². The van der Waals surface area contributed by atoms with Gasteiger partial charge >= 0.3 is 0 Å². The molecule has 3 N–H and O–H groups in total. The fraction of sp³-hybridized carbons (Fsp3) is 0.235. The normalized spacial score (nSPS) is 10.7. The molecule has 1 aromatic carbocycles. The lowest BCUT2D eigenvalue weighted by Crippen LogP contribution is -2.07. The summed E-state index contributed by atoms with van der Waals surface area (Å²) in [5, 5.41) is 35.1. The summed E-state index contributed by atoms with van der Waals surface area (Å²) >= 11 is 0. The first kappa shape index (κ1) is 17.3. The lowest BCUT2D eigenvalue weighted by Gasteiger charge is -2.13. The molecule has 0 aliphatic carbocycles. The summed E-state index contributed by atoms with van der Waals surface area (Å²) in [6.45, 7) is 0.202. The second kappa shape index (κ2) is 6.78. The number of benzene rings is 1. The number of phenols is 1. The smallest absolute Gasteiger partial charge is 0.248 e. The van der Waals surface area contributed by atoms with Crippen LogP contribution in [0.25, 0.3) is 22.2 Å². The Morgan fingerprint density at radius 1 is 1.27 bits per heavy atom.